The number of carbonyl (C=O) groups excluding carboxylic acids is 3. The SMILES string of the molecule is CC(C)Oc1ccc(-c2csc(NC(=O)c3ccc(N4C(=O)c5ccccc5C4=O)cc3)n2)cc1. The Bertz CT molecular complexity index is 1390. The predicted molar refractivity (Wildman–Crippen MR) is 135 cm³/mol. The molecule has 0 unspecified atom stereocenters. The maximum Gasteiger partial charge on any atom is 0.266 e. The molecule has 1 N–H and O–H groups in total. The quantitative estimate of drug-likeness (QED) is 0.358. The summed E-state index contributed by atoms with van der Waals surface area (Å²) < 4.78 is 5.67. The number of hydrogen-bond donors (Lipinski definition) is 1. The largest absolute Gasteiger partial charge is 0.491 e. The summed E-state index contributed by atoms with van der Waals surface area (Å²) >= 11 is 1.33. The number of fused-ring (bicyclic) bond motifs is 1. The van der Waals surface area contributed by atoms with Gasteiger partial charge in [-0.05, 0) is 74.5 Å². The van der Waals surface area contributed by atoms with Crippen molar-refractivity contribution in [2.45, 2.75) is 20.0 Å². The first kappa shape index (κ1) is 22.5. The highest BCUT2D eigenvalue weighted by Gasteiger charge is 2.36. The van der Waals surface area contributed by atoms with E-state index in [4.69, 9.17) is 4.74 Å². The molecule has 0 saturated carbocycles. The zero-order valence-electron chi connectivity index (χ0n) is 19.0. The number of thiazole rings is 1. The summed E-state index contributed by atoms with van der Waals surface area (Å²) in [5.74, 6) is -0.290. The van der Waals surface area contributed by atoms with Gasteiger partial charge in [0.05, 0.1) is 28.6 Å². The third kappa shape index (κ3) is 4.43. The normalized spacial score (nSPS) is 12.7. The summed E-state index contributed by atoms with van der Waals surface area (Å²) in [4.78, 5) is 43.7. The van der Waals surface area contributed by atoms with Crippen molar-refractivity contribution in [1.82, 2.24) is 4.98 Å². The van der Waals surface area contributed by atoms with Gasteiger partial charge >= 0.3 is 0 Å². The van der Waals surface area contributed by atoms with Gasteiger partial charge in [-0.2, -0.15) is 0 Å². The van der Waals surface area contributed by atoms with Crippen LogP contribution < -0.4 is 15.0 Å². The fraction of sp³-hybridized carbons (Fsp3) is 0.111. The number of imide groups is 1. The average molecular weight is 484 g/mol. The molecule has 3 amide bonds. The Morgan fingerprint density at radius 1 is 0.914 bits per heavy atom. The standard InChI is InChI=1S/C27H21N3O4S/c1-16(2)34-20-13-9-17(10-14-20)23-15-35-27(28-23)29-24(31)18-7-11-19(12-8-18)30-25(32)21-5-3-4-6-22(21)26(30)33/h3-16H,1-2H3,(H,28,29,31). The number of carbonyl (C=O) groups is 3. The first-order chi connectivity index (χ1) is 16.9. The molecule has 0 saturated heterocycles. The molecule has 1 aliphatic rings. The summed E-state index contributed by atoms with van der Waals surface area (Å²) in [6.07, 6.45) is 0.101. The van der Waals surface area contributed by atoms with Gasteiger partial charge in [-0.15, -0.1) is 11.3 Å². The third-order valence-electron chi connectivity index (χ3n) is 5.43. The van der Waals surface area contributed by atoms with Gasteiger partial charge in [0.2, 0.25) is 0 Å². The number of anilines is 2. The fourth-order valence-electron chi connectivity index (χ4n) is 3.80. The molecular weight excluding hydrogens is 462 g/mol. The van der Waals surface area contributed by atoms with Crippen molar-refractivity contribution in [2.75, 3.05) is 10.2 Å². The van der Waals surface area contributed by atoms with Crippen LogP contribution in [0.2, 0.25) is 0 Å². The molecule has 8 heteroatoms. The highest BCUT2D eigenvalue weighted by Crippen LogP contribution is 2.29. The van der Waals surface area contributed by atoms with Gasteiger partial charge in [-0.25, -0.2) is 9.88 Å². The first-order valence-electron chi connectivity index (χ1n) is 11.0. The van der Waals surface area contributed by atoms with Crippen LogP contribution in [0.3, 0.4) is 0 Å². The van der Waals surface area contributed by atoms with Crippen LogP contribution in [-0.4, -0.2) is 28.8 Å². The molecule has 5 rings (SSSR count). The maximum atomic E-state index is 12.7. The maximum absolute atomic E-state index is 12.7. The van der Waals surface area contributed by atoms with Crippen LogP contribution in [0, 0.1) is 0 Å². The molecule has 0 fully saturated rings. The number of aromatic nitrogens is 1. The minimum atomic E-state index is -0.373. The van der Waals surface area contributed by atoms with Crippen LogP contribution in [0.15, 0.2) is 78.2 Å². The number of ether oxygens (including phenoxy) is 1. The number of hydrogen-bond acceptors (Lipinski definition) is 6. The molecule has 0 bridgehead atoms. The van der Waals surface area contributed by atoms with Gasteiger partial charge in [0.15, 0.2) is 5.13 Å². The van der Waals surface area contributed by atoms with E-state index in [0.717, 1.165) is 21.9 Å². The molecule has 35 heavy (non-hydrogen) atoms. The number of rotatable bonds is 6. The van der Waals surface area contributed by atoms with E-state index in [1.807, 2.05) is 43.5 Å². The monoisotopic (exact) mass is 483 g/mol. The highest BCUT2D eigenvalue weighted by atomic mass is 32.1. The molecule has 174 valence electrons. The van der Waals surface area contributed by atoms with E-state index in [1.54, 1.807) is 48.5 Å². The summed E-state index contributed by atoms with van der Waals surface area (Å²) in [5.41, 5.74) is 3.22. The molecule has 2 heterocycles. The summed E-state index contributed by atoms with van der Waals surface area (Å²) in [5, 5.41) is 5.15. The van der Waals surface area contributed by atoms with Crippen molar-refractivity contribution in [3.05, 3.63) is 94.9 Å². The first-order valence-corrected chi connectivity index (χ1v) is 11.9. The minimum Gasteiger partial charge on any atom is -0.491 e. The van der Waals surface area contributed by atoms with Gasteiger partial charge in [-0.3, -0.25) is 19.7 Å². The minimum absolute atomic E-state index is 0.101. The molecule has 1 aromatic heterocycles. The lowest BCUT2D eigenvalue weighted by Gasteiger charge is -2.14. The Morgan fingerprint density at radius 3 is 2.14 bits per heavy atom. The number of nitrogens with one attached hydrogen (secondary N) is 1. The number of amides is 3. The van der Waals surface area contributed by atoms with E-state index in [9.17, 15) is 14.4 Å². The smallest absolute Gasteiger partial charge is 0.266 e. The van der Waals surface area contributed by atoms with Crippen molar-refractivity contribution in [2.24, 2.45) is 0 Å². The van der Waals surface area contributed by atoms with Crippen LogP contribution >= 0.6 is 11.3 Å². The fourth-order valence-corrected chi connectivity index (χ4v) is 4.51. The number of benzene rings is 3. The molecular formula is C27H21N3O4S. The molecule has 0 atom stereocenters. The van der Waals surface area contributed by atoms with Crippen LogP contribution in [0.1, 0.15) is 44.9 Å². The molecule has 4 aromatic rings. The van der Waals surface area contributed by atoms with E-state index in [0.29, 0.717) is 27.5 Å². The second kappa shape index (κ2) is 9.15. The number of nitrogens with zero attached hydrogens (tertiary/aromatic N) is 2. The Labute approximate surface area is 206 Å². The van der Waals surface area contributed by atoms with Crippen molar-refractivity contribution in [1.29, 1.82) is 0 Å². The summed E-state index contributed by atoms with van der Waals surface area (Å²) in [6, 6.07) is 20.7. The Hall–Kier alpha value is -4.30. The van der Waals surface area contributed by atoms with Gasteiger partial charge < -0.3 is 4.74 Å². The summed E-state index contributed by atoms with van der Waals surface area (Å²) in [7, 11) is 0. The lowest BCUT2D eigenvalue weighted by Crippen LogP contribution is -2.29. The van der Waals surface area contributed by atoms with Crippen molar-refractivity contribution in [3.63, 3.8) is 0 Å². The van der Waals surface area contributed by atoms with Gasteiger partial charge in [0, 0.05) is 16.5 Å². The van der Waals surface area contributed by atoms with Gasteiger partial charge in [0.25, 0.3) is 17.7 Å². The topological polar surface area (TPSA) is 88.6 Å². The Morgan fingerprint density at radius 2 is 1.54 bits per heavy atom. The third-order valence-corrected chi connectivity index (χ3v) is 6.19. The zero-order valence-corrected chi connectivity index (χ0v) is 19.8. The predicted octanol–water partition coefficient (Wildman–Crippen LogP) is 5.65. The molecule has 0 radical (unpaired) electrons. The van der Waals surface area contributed by atoms with Crippen LogP contribution in [0.4, 0.5) is 10.8 Å². The molecule has 7 nitrogen and oxygen atoms in total. The van der Waals surface area contributed by atoms with E-state index in [2.05, 4.69) is 10.3 Å². The van der Waals surface area contributed by atoms with Gasteiger partial charge in [0.1, 0.15) is 5.75 Å². The van der Waals surface area contributed by atoms with E-state index in [1.165, 1.54) is 11.3 Å². The Kier molecular flexibility index (Phi) is 5.88. The Balaban J connectivity index is 1.26. The molecule has 0 spiro atoms. The van der Waals surface area contributed by atoms with Crippen molar-refractivity contribution >= 4 is 39.9 Å². The van der Waals surface area contributed by atoms with Crippen molar-refractivity contribution < 1.29 is 19.1 Å². The van der Waals surface area contributed by atoms with E-state index in [-0.39, 0.29) is 23.8 Å². The van der Waals surface area contributed by atoms with Crippen LogP contribution in [-0.2, 0) is 0 Å². The van der Waals surface area contributed by atoms with Crippen LogP contribution in [0.5, 0.6) is 5.75 Å². The zero-order chi connectivity index (χ0) is 24.5. The molecule has 1 aliphatic heterocycles. The van der Waals surface area contributed by atoms with E-state index < -0.39 is 0 Å². The lowest BCUT2D eigenvalue weighted by molar-refractivity contribution is 0.0925. The highest BCUT2D eigenvalue weighted by molar-refractivity contribution is 7.14. The van der Waals surface area contributed by atoms with Crippen LogP contribution in [0.25, 0.3) is 11.3 Å². The van der Waals surface area contributed by atoms with Crippen molar-refractivity contribution in [3.8, 4) is 17.0 Å². The van der Waals surface area contributed by atoms with E-state index >= 15 is 0 Å². The molecule has 3 aromatic carbocycles. The average Bonchev–Trinajstić information content (AvgIpc) is 3.42. The summed E-state index contributed by atoms with van der Waals surface area (Å²) in [6.45, 7) is 3.95. The lowest BCUT2D eigenvalue weighted by atomic mass is 10.1. The second-order valence-electron chi connectivity index (χ2n) is 8.22. The van der Waals surface area contributed by atoms with Gasteiger partial charge in [-0.1, -0.05) is 12.1 Å². The molecule has 0 aliphatic carbocycles. The second-order valence-corrected chi connectivity index (χ2v) is 9.08.